The Balaban J connectivity index is 1.90. The fraction of sp³-hybridized carbons (Fsp3) is 0.400. The van der Waals surface area contributed by atoms with E-state index < -0.39 is 0 Å². The van der Waals surface area contributed by atoms with Crippen LogP contribution in [0.5, 0.6) is 5.75 Å². The van der Waals surface area contributed by atoms with Crippen LogP contribution in [0.1, 0.15) is 22.7 Å². The fourth-order valence-corrected chi connectivity index (χ4v) is 2.84. The van der Waals surface area contributed by atoms with Gasteiger partial charge in [0.25, 0.3) is 0 Å². The highest BCUT2D eigenvalue weighted by Crippen LogP contribution is 2.31. The summed E-state index contributed by atoms with van der Waals surface area (Å²) in [6.07, 6.45) is 6.02. The van der Waals surface area contributed by atoms with Crippen molar-refractivity contribution >= 4 is 0 Å². The lowest BCUT2D eigenvalue weighted by Crippen LogP contribution is -2.31. The van der Waals surface area contributed by atoms with Gasteiger partial charge in [-0.15, -0.1) is 0 Å². The van der Waals surface area contributed by atoms with Crippen LogP contribution in [-0.2, 0) is 19.9 Å². The summed E-state index contributed by atoms with van der Waals surface area (Å²) in [5, 5.41) is 7.83. The third-order valence-corrected chi connectivity index (χ3v) is 3.73. The van der Waals surface area contributed by atoms with Gasteiger partial charge in [-0.25, -0.2) is 0 Å². The van der Waals surface area contributed by atoms with Crippen LogP contribution in [-0.4, -0.2) is 23.4 Å². The van der Waals surface area contributed by atoms with Crippen LogP contribution in [0.3, 0.4) is 0 Å². The summed E-state index contributed by atoms with van der Waals surface area (Å²) < 4.78 is 7.32. The van der Waals surface area contributed by atoms with Gasteiger partial charge < -0.3 is 10.1 Å². The van der Waals surface area contributed by atoms with Crippen molar-refractivity contribution in [3.63, 3.8) is 0 Å². The summed E-state index contributed by atoms with van der Waals surface area (Å²) in [5.74, 6) is 1.01. The fourth-order valence-electron chi connectivity index (χ4n) is 2.84. The monoisotopic (exact) mass is 257 g/mol. The summed E-state index contributed by atoms with van der Waals surface area (Å²) in [7, 11) is 3.70. The Bertz CT molecular complexity index is 577. The van der Waals surface area contributed by atoms with Crippen LogP contribution < -0.4 is 10.1 Å². The molecule has 4 nitrogen and oxygen atoms in total. The van der Waals surface area contributed by atoms with E-state index in [9.17, 15) is 0 Å². The highest BCUT2D eigenvalue weighted by molar-refractivity contribution is 5.44. The predicted octanol–water partition coefficient (Wildman–Crippen LogP) is 1.86. The van der Waals surface area contributed by atoms with Gasteiger partial charge in [-0.1, -0.05) is 12.1 Å². The molecule has 0 spiro atoms. The lowest BCUT2D eigenvalue weighted by molar-refractivity contribution is 0.400. The summed E-state index contributed by atoms with van der Waals surface area (Å²) in [5.41, 5.74) is 3.96. The molecule has 0 saturated carbocycles. The smallest absolute Gasteiger partial charge is 0.122 e. The first-order chi connectivity index (χ1) is 9.28. The van der Waals surface area contributed by atoms with E-state index in [0.29, 0.717) is 6.04 Å². The summed E-state index contributed by atoms with van der Waals surface area (Å²) in [4.78, 5) is 0. The molecule has 1 N–H and O–H groups in total. The van der Waals surface area contributed by atoms with Crippen molar-refractivity contribution in [1.82, 2.24) is 15.1 Å². The zero-order valence-corrected chi connectivity index (χ0v) is 11.4. The molecule has 0 saturated heterocycles. The molecule has 3 rings (SSSR count). The maximum Gasteiger partial charge on any atom is 0.122 e. The number of aryl methyl sites for hydroxylation is 1. The average molecular weight is 257 g/mol. The Kier molecular flexibility index (Phi) is 3.25. The Morgan fingerprint density at radius 2 is 2.37 bits per heavy atom. The van der Waals surface area contributed by atoms with Crippen molar-refractivity contribution in [3.8, 4) is 5.75 Å². The summed E-state index contributed by atoms with van der Waals surface area (Å²) in [6, 6.07) is 6.67. The molecule has 19 heavy (non-hydrogen) atoms. The number of hydrogen-bond donors (Lipinski definition) is 1. The zero-order valence-electron chi connectivity index (χ0n) is 11.4. The Labute approximate surface area is 113 Å². The maximum atomic E-state index is 5.47. The van der Waals surface area contributed by atoms with Crippen LogP contribution in [0.25, 0.3) is 0 Å². The predicted molar refractivity (Wildman–Crippen MR) is 74.4 cm³/mol. The minimum atomic E-state index is 0.350. The molecule has 0 fully saturated rings. The molecule has 1 aromatic heterocycles. The Morgan fingerprint density at radius 3 is 3.11 bits per heavy atom. The number of nitrogens with one attached hydrogen (secondary N) is 1. The molecule has 1 unspecified atom stereocenters. The van der Waals surface area contributed by atoms with Crippen LogP contribution in [0, 0.1) is 0 Å². The first-order valence-electron chi connectivity index (χ1n) is 6.64. The minimum absolute atomic E-state index is 0.350. The number of ether oxygens (including phenoxy) is 1. The van der Waals surface area contributed by atoms with E-state index in [-0.39, 0.29) is 0 Å². The van der Waals surface area contributed by atoms with Crippen molar-refractivity contribution in [1.29, 1.82) is 0 Å². The third-order valence-electron chi connectivity index (χ3n) is 3.73. The van der Waals surface area contributed by atoms with Crippen molar-refractivity contribution in [2.45, 2.75) is 18.9 Å². The van der Waals surface area contributed by atoms with Crippen LogP contribution >= 0.6 is 0 Å². The van der Waals surface area contributed by atoms with Gasteiger partial charge in [0.15, 0.2) is 0 Å². The second-order valence-corrected chi connectivity index (χ2v) is 5.01. The van der Waals surface area contributed by atoms with Gasteiger partial charge in [0, 0.05) is 24.8 Å². The van der Waals surface area contributed by atoms with Gasteiger partial charge in [0.1, 0.15) is 5.75 Å². The second-order valence-electron chi connectivity index (χ2n) is 5.01. The standard InChI is InChI=1S/C15H19N3O/c1-18-10-11(9-17-18)8-14-12-4-3-5-15(19-2)13(12)6-7-16-14/h3-5,9-10,14,16H,6-8H2,1-2H3. The molecule has 0 radical (unpaired) electrons. The van der Waals surface area contributed by atoms with Crippen molar-refractivity contribution in [2.75, 3.05) is 13.7 Å². The number of fused-ring (bicyclic) bond motifs is 1. The molecule has 0 aliphatic carbocycles. The molecule has 0 bridgehead atoms. The summed E-state index contributed by atoms with van der Waals surface area (Å²) >= 11 is 0. The largest absolute Gasteiger partial charge is 0.496 e. The number of nitrogens with zero attached hydrogens (tertiary/aromatic N) is 2. The molecule has 1 atom stereocenters. The van der Waals surface area contributed by atoms with Gasteiger partial charge in [0.2, 0.25) is 0 Å². The normalized spacial score (nSPS) is 18.1. The second kappa shape index (κ2) is 5.05. The van der Waals surface area contributed by atoms with Crippen LogP contribution in [0.2, 0.25) is 0 Å². The molecule has 1 aliphatic heterocycles. The van der Waals surface area contributed by atoms with Crippen molar-refractivity contribution in [2.24, 2.45) is 7.05 Å². The van der Waals surface area contributed by atoms with Gasteiger partial charge in [-0.2, -0.15) is 5.10 Å². The van der Waals surface area contributed by atoms with E-state index in [1.54, 1.807) is 7.11 Å². The first kappa shape index (κ1) is 12.2. The quantitative estimate of drug-likeness (QED) is 0.912. The summed E-state index contributed by atoms with van der Waals surface area (Å²) in [6.45, 7) is 0.998. The molecular formula is C15H19N3O. The van der Waals surface area contributed by atoms with Gasteiger partial charge in [-0.05, 0) is 36.6 Å². The van der Waals surface area contributed by atoms with Crippen LogP contribution in [0.15, 0.2) is 30.6 Å². The van der Waals surface area contributed by atoms with Gasteiger partial charge in [0.05, 0.1) is 13.3 Å². The highest BCUT2D eigenvalue weighted by Gasteiger charge is 2.22. The van der Waals surface area contributed by atoms with Crippen molar-refractivity contribution < 1.29 is 4.74 Å². The van der Waals surface area contributed by atoms with E-state index >= 15 is 0 Å². The highest BCUT2D eigenvalue weighted by atomic mass is 16.5. The molecule has 1 aromatic carbocycles. The van der Waals surface area contributed by atoms with Gasteiger partial charge >= 0.3 is 0 Å². The molecule has 2 heterocycles. The molecule has 1 aliphatic rings. The average Bonchev–Trinajstić information content (AvgIpc) is 2.84. The lowest BCUT2D eigenvalue weighted by Gasteiger charge is -2.28. The molecule has 100 valence electrons. The Hall–Kier alpha value is -1.81. The van der Waals surface area contributed by atoms with E-state index in [4.69, 9.17) is 4.74 Å². The number of rotatable bonds is 3. The molecule has 4 heteroatoms. The van der Waals surface area contributed by atoms with Crippen molar-refractivity contribution in [3.05, 3.63) is 47.3 Å². The molecular weight excluding hydrogens is 238 g/mol. The Morgan fingerprint density at radius 1 is 1.47 bits per heavy atom. The molecule has 2 aromatic rings. The number of hydrogen-bond acceptors (Lipinski definition) is 3. The topological polar surface area (TPSA) is 39.1 Å². The number of aromatic nitrogens is 2. The SMILES string of the molecule is COc1cccc2c1CCNC2Cc1cnn(C)c1. The van der Waals surface area contributed by atoms with E-state index in [1.165, 1.54) is 16.7 Å². The lowest BCUT2D eigenvalue weighted by atomic mass is 9.90. The van der Waals surface area contributed by atoms with E-state index in [1.807, 2.05) is 24.0 Å². The third kappa shape index (κ3) is 2.36. The maximum absolute atomic E-state index is 5.47. The van der Waals surface area contributed by atoms with Gasteiger partial charge in [-0.3, -0.25) is 4.68 Å². The zero-order chi connectivity index (χ0) is 13.2. The first-order valence-corrected chi connectivity index (χ1v) is 6.64. The minimum Gasteiger partial charge on any atom is -0.496 e. The van der Waals surface area contributed by atoms with Crippen LogP contribution in [0.4, 0.5) is 0 Å². The van der Waals surface area contributed by atoms with E-state index in [0.717, 1.165) is 25.1 Å². The number of methoxy groups -OCH3 is 1. The number of benzene rings is 1. The van der Waals surface area contributed by atoms with E-state index in [2.05, 4.69) is 28.7 Å². The molecule has 0 amide bonds.